The SMILES string of the molecule is Cc1nc(Nc2cc(F)ccc2C)c2c3c(sc2n1)CCC3. The predicted molar refractivity (Wildman–Crippen MR) is 88.6 cm³/mol. The monoisotopic (exact) mass is 313 g/mol. The molecule has 3 nitrogen and oxygen atoms in total. The van der Waals surface area contributed by atoms with Crippen molar-refractivity contribution in [3.8, 4) is 0 Å². The van der Waals surface area contributed by atoms with Crippen LogP contribution in [-0.2, 0) is 12.8 Å². The smallest absolute Gasteiger partial charge is 0.143 e. The highest BCUT2D eigenvalue weighted by molar-refractivity contribution is 7.19. The molecule has 0 bridgehead atoms. The Bertz CT molecular complexity index is 885. The normalized spacial score (nSPS) is 13.6. The first-order valence-corrected chi connectivity index (χ1v) is 8.25. The lowest BCUT2D eigenvalue weighted by molar-refractivity contribution is 0.628. The van der Waals surface area contributed by atoms with Crippen LogP contribution in [0.5, 0.6) is 0 Å². The minimum atomic E-state index is -0.245. The van der Waals surface area contributed by atoms with Gasteiger partial charge in [0.2, 0.25) is 0 Å². The average Bonchev–Trinajstić information content (AvgIpc) is 3.02. The molecule has 1 aliphatic rings. The van der Waals surface area contributed by atoms with Crippen molar-refractivity contribution in [2.75, 3.05) is 5.32 Å². The van der Waals surface area contributed by atoms with Crippen molar-refractivity contribution in [1.29, 1.82) is 0 Å². The van der Waals surface area contributed by atoms with Gasteiger partial charge in [-0.15, -0.1) is 11.3 Å². The Morgan fingerprint density at radius 2 is 2.05 bits per heavy atom. The number of benzene rings is 1. The number of nitrogens with zero attached hydrogens (tertiary/aromatic N) is 2. The number of aromatic nitrogens is 2. The van der Waals surface area contributed by atoms with Crippen LogP contribution in [0.2, 0.25) is 0 Å². The van der Waals surface area contributed by atoms with E-state index >= 15 is 0 Å². The number of nitrogens with one attached hydrogen (secondary N) is 1. The zero-order valence-electron chi connectivity index (χ0n) is 12.5. The Morgan fingerprint density at radius 1 is 1.18 bits per heavy atom. The highest BCUT2D eigenvalue weighted by Gasteiger charge is 2.22. The van der Waals surface area contributed by atoms with E-state index in [1.165, 1.54) is 29.0 Å². The van der Waals surface area contributed by atoms with Crippen molar-refractivity contribution >= 4 is 33.1 Å². The summed E-state index contributed by atoms with van der Waals surface area (Å²) in [5.74, 6) is 1.30. The van der Waals surface area contributed by atoms with E-state index < -0.39 is 0 Å². The fourth-order valence-electron chi connectivity index (χ4n) is 3.05. The summed E-state index contributed by atoms with van der Waals surface area (Å²) in [5.41, 5.74) is 3.13. The number of rotatable bonds is 2. The van der Waals surface area contributed by atoms with E-state index in [1.54, 1.807) is 17.4 Å². The summed E-state index contributed by atoms with van der Waals surface area (Å²) in [6, 6.07) is 4.77. The lowest BCUT2D eigenvalue weighted by Gasteiger charge is -2.11. The largest absolute Gasteiger partial charge is 0.339 e. The van der Waals surface area contributed by atoms with Crippen LogP contribution in [0, 0.1) is 19.7 Å². The molecule has 112 valence electrons. The van der Waals surface area contributed by atoms with Crippen LogP contribution >= 0.6 is 11.3 Å². The number of halogens is 1. The number of hydrogen-bond acceptors (Lipinski definition) is 4. The van der Waals surface area contributed by atoms with Crippen molar-refractivity contribution < 1.29 is 4.39 Å². The Balaban J connectivity index is 1.89. The first-order valence-electron chi connectivity index (χ1n) is 7.44. The molecule has 0 atom stereocenters. The summed E-state index contributed by atoms with van der Waals surface area (Å²) in [5, 5.41) is 4.45. The topological polar surface area (TPSA) is 37.8 Å². The molecule has 0 amide bonds. The van der Waals surface area contributed by atoms with Crippen molar-refractivity contribution in [1.82, 2.24) is 9.97 Å². The average molecular weight is 313 g/mol. The van der Waals surface area contributed by atoms with Gasteiger partial charge >= 0.3 is 0 Å². The molecule has 2 aromatic heterocycles. The van der Waals surface area contributed by atoms with E-state index in [0.717, 1.165) is 46.0 Å². The maximum absolute atomic E-state index is 13.5. The lowest BCUT2D eigenvalue weighted by atomic mass is 10.1. The minimum Gasteiger partial charge on any atom is -0.339 e. The van der Waals surface area contributed by atoms with Gasteiger partial charge in [0.15, 0.2) is 0 Å². The van der Waals surface area contributed by atoms with E-state index in [1.807, 2.05) is 13.8 Å². The highest BCUT2D eigenvalue weighted by atomic mass is 32.1. The molecule has 0 spiro atoms. The maximum Gasteiger partial charge on any atom is 0.143 e. The molecule has 0 saturated heterocycles. The third-order valence-corrected chi connectivity index (χ3v) is 5.31. The number of thiophene rings is 1. The van der Waals surface area contributed by atoms with Gasteiger partial charge in [-0.3, -0.25) is 0 Å². The number of fused-ring (bicyclic) bond motifs is 3. The standard InChI is InChI=1S/C17H16FN3S/c1-9-6-7-11(18)8-13(9)21-16-15-12-4-3-5-14(12)22-17(15)20-10(2)19-16/h6-8H,3-5H2,1-2H3,(H,19,20,21). The quantitative estimate of drug-likeness (QED) is 0.746. The maximum atomic E-state index is 13.5. The molecule has 22 heavy (non-hydrogen) atoms. The summed E-state index contributed by atoms with van der Waals surface area (Å²) >= 11 is 1.77. The van der Waals surface area contributed by atoms with Gasteiger partial charge in [-0.05, 0) is 56.4 Å². The van der Waals surface area contributed by atoms with E-state index in [2.05, 4.69) is 15.3 Å². The zero-order valence-corrected chi connectivity index (χ0v) is 13.4. The van der Waals surface area contributed by atoms with Crippen LogP contribution in [0.15, 0.2) is 18.2 Å². The van der Waals surface area contributed by atoms with Gasteiger partial charge in [0.05, 0.1) is 5.39 Å². The first-order chi connectivity index (χ1) is 10.6. The van der Waals surface area contributed by atoms with Crippen molar-refractivity contribution in [2.45, 2.75) is 33.1 Å². The third kappa shape index (κ3) is 2.16. The lowest BCUT2D eigenvalue weighted by Crippen LogP contribution is -2.00. The molecule has 1 N–H and O–H groups in total. The summed E-state index contributed by atoms with van der Waals surface area (Å²) < 4.78 is 13.5. The summed E-state index contributed by atoms with van der Waals surface area (Å²) in [7, 11) is 0. The molecular weight excluding hydrogens is 297 g/mol. The second kappa shape index (κ2) is 5.02. The highest BCUT2D eigenvalue weighted by Crippen LogP contribution is 2.40. The number of aryl methyl sites for hydroxylation is 4. The van der Waals surface area contributed by atoms with Gasteiger partial charge in [-0.1, -0.05) is 6.07 Å². The van der Waals surface area contributed by atoms with Gasteiger partial charge in [-0.2, -0.15) is 0 Å². The second-order valence-electron chi connectivity index (χ2n) is 5.74. The molecule has 5 heteroatoms. The van der Waals surface area contributed by atoms with Crippen LogP contribution in [0.25, 0.3) is 10.2 Å². The first kappa shape index (κ1) is 13.6. The van der Waals surface area contributed by atoms with Gasteiger partial charge < -0.3 is 5.32 Å². The Hall–Kier alpha value is -2.01. The molecular formula is C17H16FN3S. The molecule has 4 rings (SSSR count). The van der Waals surface area contributed by atoms with Crippen LogP contribution < -0.4 is 5.32 Å². The molecule has 0 aliphatic heterocycles. The van der Waals surface area contributed by atoms with Crippen molar-refractivity contribution in [3.63, 3.8) is 0 Å². The Labute approximate surface area is 132 Å². The van der Waals surface area contributed by atoms with Crippen molar-refractivity contribution in [3.05, 3.63) is 45.8 Å². The van der Waals surface area contributed by atoms with E-state index in [-0.39, 0.29) is 5.82 Å². The summed E-state index contributed by atoms with van der Waals surface area (Å²) in [4.78, 5) is 11.6. The predicted octanol–water partition coefficient (Wildman–Crippen LogP) is 4.68. The van der Waals surface area contributed by atoms with Gasteiger partial charge in [0.1, 0.15) is 22.3 Å². The Morgan fingerprint density at radius 3 is 2.91 bits per heavy atom. The van der Waals surface area contributed by atoms with Crippen LogP contribution in [0.3, 0.4) is 0 Å². The zero-order chi connectivity index (χ0) is 15.3. The molecule has 0 fully saturated rings. The van der Waals surface area contributed by atoms with Gasteiger partial charge in [0, 0.05) is 10.6 Å². The molecule has 0 radical (unpaired) electrons. The van der Waals surface area contributed by atoms with E-state index in [0.29, 0.717) is 0 Å². The summed E-state index contributed by atoms with van der Waals surface area (Å²) in [6.45, 7) is 3.86. The van der Waals surface area contributed by atoms with Crippen LogP contribution in [0.4, 0.5) is 15.9 Å². The van der Waals surface area contributed by atoms with Crippen molar-refractivity contribution in [2.24, 2.45) is 0 Å². The number of hydrogen-bond donors (Lipinski definition) is 1. The van der Waals surface area contributed by atoms with Gasteiger partial charge in [0.25, 0.3) is 0 Å². The minimum absolute atomic E-state index is 0.245. The molecule has 0 saturated carbocycles. The molecule has 1 aromatic carbocycles. The molecule has 2 heterocycles. The van der Waals surface area contributed by atoms with E-state index in [4.69, 9.17) is 0 Å². The fraction of sp³-hybridized carbons (Fsp3) is 0.294. The molecule has 0 unspecified atom stereocenters. The summed E-state index contributed by atoms with van der Waals surface area (Å²) in [6.07, 6.45) is 3.41. The fourth-order valence-corrected chi connectivity index (χ4v) is 4.36. The van der Waals surface area contributed by atoms with Crippen LogP contribution in [0.1, 0.15) is 28.2 Å². The second-order valence-corrected chi connectivity index (χ2v) is 6.82. The van der Waals surface area contributed by atoms with E-state index in [9.17, 15) is 4.39 Å². The Kier molecular flexibility index (Phi) is 3.11. The van der Waals surface area contributed by atoms with Crippen LogP contribution in [-0.4, -0.2) is 9.97 Å². The molecule has 3 aromatic rings. The number of anilines is 2. The third-order valence-electron chi connectivity index (χ3n) is 4.13. The van der Waals surface area contributed by atoms with Gasteiger partial charge in [-0.25, -0.2) is 14.4 Å². The molecule has 1 aliphatic carbocycles.